The second-order valence-corrected chi connectivity index (χ2v) is 6.65. The predicted octanol–water partition coefficient (Wildman–Crippen LogP) is 4.21. The van der Waals surface area contributed by atoms with Crippen LogP contribution in [-0.4, -0.2) is 36.4 Å². The third-order valence-corrected chi connectivity index (χ3v) is 4.78. The summed E-state index contributed by atoms with van der Waals surface area (Å²) in [6, 6.07) is 19.1. The molecule has 0 spiro atoms. The molecule has 0 aliphatic carbocycles. The van der Waals surface area contributed by atoms with Crippen LogP contribution in [0, 0.1) is 0 Å². The highest BCUT2D eigenvalue weighted by Gasteiger charge is 2.20. The van der Waals surface area contributed by atoms with E-state index in [0.717, 1.165) is 17.8 Å². The van der Waals surface area contributed by atoms with E-state index in [-0.39, 0.29) is 5.78 Å². The fourth-order valence-corrected chi connectivity index (χ4v) is 3.31. The summed E-state index contributed by atoms with van der Waals surface area (Å²) in [7, 11) is 0. The Labute approximate surface area is 144 Å². The van der Waals surface area contributed by atoms with Crippen LogP contribution in [0.4, 0.5) is 5.69 Å². The zero-order valence-electron chi connectivity index (χ0n) is 14.4. The van der Waals surface area contributed by atoms with E-state index in [2.05, 4.69) is 41.4 Å². The first-order valence-corrected chi connectivity index (χ1v) is 8.87. The lowest BCUT2D eigenvalue weighted by Crippen LogP contribution is -2.42. The first kappa shape index (κ1) is 16.7. The van der Waals surface area contributed by atoms with Gasteiger partial charge in [-0.1, -0.05) is 48.9 Å². The molecule has 0 saturated carbocycles. The van der Waals surface area contributed by atoms with Gasteiger partial charge in [-0.2, -0.15) is 0 Å². The number of rotatable bonds is 6. The van der Waals surface area contributed by atoms with Crippen LogP contribution in [0.2, 0.25) is 0 Å². The molecule has 3 rings (SSSR count). The van der Waals surface area contributed by atoms with Gasteiger partial charge >= 0.3 is 0 Å². The summed E-state index contributed by atoms with van der Waals surface area (Å²) in [5, 5.41) is 3.28. The summed E-state index contributed by atoms with van der Waals surface area (Å²) >= 11 is 0. The maximum Gasteiger partial charge on any atom is 0.165 e. The van der Waals surface area contributed by atoms with Crippen molar-refractivity contribution in [3.63, 3.8) is 0 Å². The molecule has 126 valence electrons. The molecule has 1 atom stereocenters. The standard InChI is InChI=1S/C21H26N2O/c1-17-8-5-6-13-23(17)16-21(24)15-22-20-12-7-11-19(14-20)18-9-3-2-4-10-18/h2-4,7,9-12,14,17,22H,5-6,8,13,15-16H2,1H3. The lowest BCUT2D eigenvalue weighted by Gasteiger charge is -2.32. The fraction of sp³-hybridized carbons (Fsp3) is 0.381. The number of carbonyl (C=O) groups is 1. The molecule has 1 aliphatic heterocycles. The van der Waals surface area contributed by atoms with Gasteiger partial charge in [0.2, 0.25) is 0 Å². The quantitative estimate of drug-likeness (QED) is 0.864. The molecule has 1 N–H and O–H groups in total. The monoisotopic (exact) mass is 322 g/mol. The van der Waals surface area contributed by atoms with E-state index in [1.54, 1.807) is 0 Å². The van der Waals surface area contributed by atoms with Crippen molar-refractivity contribution in [2.75, 3.05) is 25.0 Å². The maximum atomic E-state index is 12.3. The third-order valence-electron chi connectivity index (χ3n) is 4.78. The van der Waals surface area contributed by atoms with Gasteiger partial charge < -0.3 is 5.32 Å². The summed E-state index contributed by atoms with van der Waals surface area (Å²) in [6.07, 6.45) is 3.71. The topological polar surface area (TPSA) is 32.3 Å². The van der Waals surface area contributed by atoms with Crippen LogP contribution in [-0.2, 0) is 4.79 Å². The Morgan fingerprint density at radius 1 is 1.08 bits per heavy atom. The molecule has 0 radical (unpaired) electrons. The number of carbonyl (C=O) groups excluding carboxylic acids is 1. The summed E-state index contributed by atoms with van der Waals surface area (Å²) in [6.45, 7) is 4.23. The normalized spacial score (nSPS) is 18.3. The summed E-state index contributed by atoms with van der Waals surface area (Å²) < 4.78 is 0. The van der Waals surface area contributed by atoms with Gasteiger partial charge in [-0.25, -0.2) is 0 Å². The van der Waals surface area contributed by atoms with Crippen LogP contribution < -0.4 is 5.32 Å². The SMILES string of the molecule is CC1CCCCN1CC(=O)CNc1cccc(-c2ccccc2)c1. The Bertz CT molecular complexity index is 669. The number of hydrogen-bond acceptors (Lipinski definition) is 3. The van der Waals surface area contributed by atoms with Crippen molar-refractivity contribution in [1.82, 2.24) is 4.90 Å². The Hall–Kier alpha value is -2.13. The largest absolute Gasteiger partial charge is 0.378 e. The molecule has 2 aromatic rings. The minimum Gasteiger partial charge on any atom is -0.378 e. The number of piperidine rings is 1. The molecule has 3 nitrogen and oxygen atoms in total. The molecule has 1 fully saturated rings. The zero-order valence-corrected chi connectivity index (χ0v) is 14.4. The highest BCUT2D eigenvalue weighted by atomic mass is 16.1. The minimum absolute atomic E-state index is 0.258. The van der Waals surface area contributed by atoms with E-state index in [1.807, 2.05) is 30.3 Å². The molecule has 3 heteroatoms. The predicted molar refractivity (Wildman–Crippen MR) is 100 cm³/mol. The van der Waals surface area contributed by atoms with Crippen molar-refractivity contribution in [1.29, 1.82) is 0 Å². The number of hydrogen-bond donors (Lipinski definition) is 1. The van der Waals surface area contributed by atoms with Crippen LogP contribution in [0.5, 0.6) is 0 Å². The Morgan fingerprint density at radius 3 is 2.67 bits per heavy atom. The number of Topliss-reactive ketones (excluding diaryl/α,β-unsaturated/α-hetero) is 1. The molecule has 0 bridgehead atoms. The summed E-state index contributed by atoms with van der Waals surface area (Å²) in [5.74, 6) is 0.258. The van der Waals surface area contributed by atoms with Crippen LogP contribution in [0.3, 0.4) is 0 Å². The van der Waals surface area contributed by atoms with Crippen molar-refractivity contribution in [2.45, 2.75) is 32.2 Å². The van der Waals surface area contributed by atoms with Gasteiger partial charge in [0.05, 0.1) is 13.1 Å². The van der Waals surface area contributed by atoms with Gasteiger partial charge in [0.25, 0.3) is 0 Å². The molecule has 0 aromatic heterocycles. The van der Waals surface area contributed by atoms with Crippen LogP contribution in [0.25, 0.3) is 11.1 Å². The lowest BCUT2D eigenvalue weighted by molar-refractivity contribution is -0.119. The number of ketones is 1. The second-order valence-electron chi connectivity index (χ2n) is 6.65. The lowest BCUT2D eigenvalue weighted by atomic mass is 10.0. The molecule has 1 unspecified atom stereocenters. The van der Waals surface area contributed by atoms with Gasteiger partial charge in [-0.05, 0) is 49.6 Å². The van der Waals surface area contributed by atoms with Crippen molar-refractivity contribution < 1.29 is 4.79 Å². The number of likely N-dealkylation sites (tertiary alicyclic amines) is 1. The van der Waals surface area contributed by atoms with E-state index >= 15 is 0 Å². The zero-order chi connectivity index (χ0) is 16.8. The summed E-state index contributed by atoms with van der Waals surface area (Å²) in [5.41, 5.74) is 3.35. The molecule has 1 heterocycles. The average molecular weight is 322 g/mol. The third kappa shape index (κ3) is 4.45. The highest BCUT2D eigenvalue weighted by Crippen LogP contribution is 2.22. The van der Waals surface area contributed by atoms with Crippen molar-refractivity contribution >= 4 is 11.5 Å². The van der Waals surface area contributed by atoms with Crippen molar-refractivity contribution in [3.8, 4) is 11.1 Å². The van der Waals surface area contributed by atoms with Gasteiger partial charge in [-0.15, -0.1) is 0 Å². The van der Waals surface area contributed by atoms with Gasteiger partial charge in [0, 0.05) is 11.7 Å². The van der Waals surface area contributed by atoms with Gasteiger partial charge in [0.1, 0.15) is 0 Å². The van der Waals surface area contributed by atoms with Crippen LogP contribution >= 0.6 is 0 Å². The van der Waals surface area contributed by atoms with Crippen LogP contribution in [0.1, 0.15) is 26.2 Å². The van der Waals surface area contributed by atoms with Crippen molar-refractivity contribution in [3.05, 3.63) is 54.6 Å². The molecule has 0 amide bonds. The van der Waals surface area contributed by atoms with E-state index in [1.165, 1.54) is 24.8 Å². The van der Waals surface area contributed by atoms with E-state index in [4.69, 9.17) is 0 Å². The fourth-order valence-electron chi connectivity index (χ4n) is 3.31. The van der Waals surface area contributed by atoms with E-state index in [9.17, 15) is 4.79 Å². The Morgan fingerprint density at radius 2 is 1.88 bits per heavy atom. The summed E-state index contributed by atoms with van der Waals surface area (Å²) in [4.78, 5) is 14.6. The maximum absolute atomic E-state index is 12.3. The van der Waals surface area contributed by atoms with E-state index < -0.39 is 0 Å². The molecule has 1 saturated heterocycles. The van der Waals surface area contributed by atoms with E-state index in [0.29, 0.717) is 19.1 Å². The van der Waals surface area contributed by atoms with Gasteiger partial charge in [0.15, 0.2) is 5.78 Å². The Balaban J connectivity index is 1.55. The highest BCUT2D eigenvalue weighted by molar-refractivity contribution is 5.85. The van der Waals surface area contributed by atoms with Gasteiger partial charge in [-0.3, -0.25) is 9.69 Å². The second kappa shape index (κ2) is 8.11. The van der Waals surface area contributed by atoms with Crippen molar-refractivity contribution in [2.24, 2.45) is 0 Å². The smallest absolute Gasteiger partial charge is 0.165 e. The number of nitrogens with one attached hydrogen (secondary N) is 1. The number of benzene rings is 2. The Kier molecular flexibility index (Phi) is 5.65. The molecular weight excluding hydrogens is 296 g/mol. The number of nitrogens with zero attached hydrogens (tertiary/aromatic N) is 1. The number of anilines is 1. The van der Waals surface area contributed by atoms with Crippen LogP contribution in [0.15, 0.2) is 54.6 Å². The first-order chi connectivity index (χ1) is 11.7. The minimum atomic E-state index is 0.258. The molecule has 2 aromatic carbocycles. The molecule has 1 aliphatic rings. The average Bonchev–Trinajstić information content (AvgIpc) is 2.63. The first-order valence-electron chi connectivity index (χ1n) is 8.87. The molecular formula is C21H26N2O. The molecule has 24 heavy (non-hydrogen) atoms.